The third-order valence-corrected chi connectivity index (χ3v) is 9.96. The first-order valence-corrected chi connectivity index (χ1v) is 11.2. The zero-order chi connectivity index (χ0) is 19.2. The van der Waals surface area contributed by atoms with Gasteiger partial charge in [0, 0.05) is 11.8 Å². The second-order valence-electron chi connectivity index (χ2n) is 10.6. The number of carbonyl (C=O) groups excluding carboxylic acids is 1. The summed E-state index contributed by atoms with van der Waals surface area (Å²) in [7, 11) is 0. The fourth-order valence-corrected chi connectivity index (χ4v) is 8.54. The van der Waals surface area contributed by atoms with Crippen molar-refractivity contribution in [3.8, 4) is 0 Å². The Morgan fingerprint density at radius 2 is 1.75 bits per heavy atom. The Morgan fingerprint density at radius 1 is 0.929 bits per heavy atom. The number of allylic oxidation sites excluding steroid dienone is 1. The number of ketones is 1. The van der Waals surface area contributed by atoms with Crippen molar-refractivity contribution in [2.75, 3.05) is 20.2 Å². The number of hydrogen-bond donors (Lipinski definition) is 0. The molecule has 0 radical (unpaired) electrons. The van der Waals surface area contributed by atoms with E-state index in [-0.39, 0.29) is 16.4 Å². The average Bonchev–Trinajstić information content (AvgIpc) is 3.37. The van der Waals surface area contributed by atoms with Crippen LogP contribution in [0, 0.1) is 28.6 Å². The molecule has 0 aromatic heterocycles. The predicted octanol–water partition coefficient (Wildman–Crippen LogP) is 3.96. The number of ether oxygens (including phenoxy) is 4. The molecule has 28 heavy (non-hydrogen) atoms. The van der Waals surface area contributed by atoms with E-state index in [1.54, 1.807) is 0 Å². The lowest BCUT2D eigenvalue weighted by molar-refractivity contribution is -0.248. The Balaban J connectivity index is 1.37. The monoisotopic (exact) mass is 388 g/mol. The van der Waals surface area contributed by atoms with Crippen LogP contribution >= 0.6 is 0 Å². The van der Waals surface area contributed by atoms with Crippen LogP contribution in [0.4, 0.5) is 0 Å². The van der Waals surface area contributed by atoms with Crippen molar-refractivity contribution >= 4 is 5.78 Å². The molecule has 0 aromatic carbocycles. The van der Waals surface area contributed by atoms with E-state index in [0.29, 0.717) is 43.7 Å². The number of rotatable bonds is 0. The molecule has 5 fully saturated rings. The normalized spacial score (nSPS) is 55.3. The molecule has 0 unspecified atom stereocenters. The standard InChI is InChI=1S/C23H32O5/c1-20-8-5-16(24)11-15(20)3-4-17-18(20)6-9-21(2)19(17)7-10-22(21)23(28-14-26-22)12-25-13-27-23/h11,17-19H,3-10,12-14H2,1-2H3/t17-,18-,19+,20-,21+,22+,23+/m0/s1. The molecule has 2 heterocycles. The number of hydrogen-bond acceptors (Lipinski definition) is 5. The smallest absolute Gasteiger partial charge is 0.226 e. The molecular weight excluding hydrogens is 356 g/mol. The fourth-order valence-electron chi connectivity index (χ4n) is 8.54. The summed E-state index contributed by atoms with van der Waals surface area (Å²) in [6.07, 6.45) is 10.6. The maximum absolute atomic E-state index is 12.0. The van der Waals surface area contributed by atoms with Crippen LogP contribution in [0.1, 0.15) is 65.2 Å². The lowest BCUT2D eigenvalue weighted by atomic mass is 9.46. The highest BCUT2D eigenvalue weighted by atomic mass is 16.9. The van der Waals surface area contributed by atoms with Crippen LogP contribution in [0.5, 0.6) is 0 Å². The maximum Gasteiger partial charge on any atom is 0.226 e. The van der Waals surface area contributed by atoms with Crippen molar-refractivity contribution < 1.29 is 23.7 Å². The molecule has 4 aliphatic carbocycles. The van der Waals surface area contributed by atoms with Gasteiger partial charge in [-0.15, -0.1) is 0 Å². The first-order chi connectivity index (χ1) is 13.4. The quantitative estimate of drug-likeness (QED) is 0.629. The van der Waals surface area contributed by atoms with E-state index in [1.807, 2.05) is 6.08 Å². The van der Waals surface area contributed by atoms with Crippen molar-refractivity contribution in [2.45, 2.75) is 76.6 Å². The van der Waals surface area contributed by atoms with Crippen LogP contribution in [0.15, 0.2) is 11.6 Å². The molecule has 0 aromatic rings. The Morgan fingerprint density at radius 3 is 2.57 bits per heavy atom. The van der Waals surface area contributed by atoms with Crippen molar-refractivity contribution in [1.82, 2.24) is 0 Å². The van der Waals surface area contributed by atoms with Gasteiger partial charge in [0.05, 0.1) is 0 Å². The third-order valence-electron chi connectivity index (χ3n) is 9.96. The summed E-state index contributed by atoms with van der Waals surface area (Å²) in [4.78, 5) is 12.0. The molecule has 2 saturated heterocycles. The zero-order valence-corrected chi connectivity index (χ0v) is 17.1. The highest BCUT2D eigenvalue weighted by molar-refractivity contribution is 5.91. The second kappa shape index (κ2) is 5.69. The Kier molecular flexibility index (Phi) is 3.67. The molecule has 6 rings (SSSR count). The highest BCUT2D eigenvalue weighted by Crippen LogP contribution is 2.71. The lowest BCUT2D eigenvalue weighted by Crippen LogP contribution is -2.63. The summed E-state index contributed by atoms with van der Waals surface area (Å²) in [5.41, 5.74) is 1.32. The summed E-state index contributed by atoms with van der Waals surface area (Å²) in [6.45, 7) is 5.98. The van der Waals surface area contributed by atoms with Crippen LogP contribution < -0.4 is 0 Å². The highest BCUT2D eigenvalue weighted by Gasteiger charge is 2.75. The molecule has 5 heteroatoms. The molecule has 2 aliphatic heterocycles. The first-order valence-electron chi connectivity index (χ1n) is 11.2. The van der Waals surface area contributed by atoms with Gasteiger partial charge >= 0.3 is 0 Å². The third kappa shape index (κ3) is 1.95. The van der Waals surface area contributed by atoms with Gasteiger partial charge in [0.25, 0.3) is 0 Å². The van der Waals surface area contributed by atoms with Gasteiger partial charge < -0.3 is 18.9 Å². The molecule has 3 saturated carbocycles. The molecule has 5 nitrogen and oxygen atoms in total. The van der Waals surface area contributed by atoms with E-state index in [4.69, 9.17) is 18.9 Å². The van der Waals surface area contributed by atoms with Crippen molar-refractivity contribution in [2.24, 2.45) is 28.6 Å². The number of carbonyl (C=O) groups is 1. The van der Waals surface area contributed by atoms with Crippen molar-refractivity contribution in [3.63, 3.8) is 0 Å². The van der Waals surface area contributed by atoms with Crippen LogP contribution in [0.25, 0.3) is 0 Å². The van der Waals surface area contributed by atoms with E-state index < -0.39 is 5.79 Å². The Hall–Kier alpha value is -0.750. The minimum Gasteiger partial charge on any atom is -0.350 e. The molecule has 0 bridgehead atoms. The van der Waals surface area contributed by atoms with Gasteiger partial charge in [-0.05, 0) is 74.2 Å². The summed E-state index contributed by atoms with van der Waals surface area (Å²) in [5.74, 6) is 1.64. The van der Waals surface area contributed by atoms with Crippen LogP contribution in [-0.4, -0.2) is 37.4 Å². The lowest BCUT2D eigenvalue weighted by Gasteiger charge is -2.60. The van der Waals surface area contributed by atoms with E-state index in [2.05, 4.69) is 13.8 Å². The van der Waals surface area contributed by atoms with Crippen molar-refractivity contribution in [1.29, 1.82) is 0 Å². The van der Waals surface area contributed by atoms with E-state index in [0.717, 1.165) is 32.1 Å². The van der Waals surface area contributed by atoms with Gasteiger partial charge in [-0.3, -0.25) is 4.79 Å². The van der Waals surface area contributed by atoms with Gasteiger partial charge in [0.15, 0.2) is 19.4 Å². The van der Waals surface area contributed by atoms with Gasteiger partial charge in [-0.25, -0.2) is 0 Å². The molecule has 7 atom stereocenters. The van der Waals surface area contributed by atoms with E-state index in [9.17, 15) is 4.79 Å². The van der Waals surface area contributed by atoms with Crippen LogP contribution in [0.2, 0.25) is 0 Å². The Labute approximate surface area is 167 Å². The number of fused-ring (bicyclic) bond motifs is 7. The molecule has 0 amide bonds. The second-order valence-corrected chi connectivity index (χ2v) is 10.6. The summed E-state index contributed by atoms with van der Waals surface area (Å²) in [5, 5.41) is 0. The van der Waals surface area contributed by atoms with Gasteiger partial charge in [-0.2, -0.15) is 0 Å². The summed E-state index contributed by atoms with van der Waals surface area (Å²) < 4.78 is 24.3. The minimum absolute atomic E-state index is 0.0560. The Bertz CT molecular complexity index is 734. The van der Waals surface area contributed by atoms with Gasteiger partial charge in [-0.1, -0.05) is 19.4 Å². The zero-order valence-electron chi connectivity index (χ0n) is 17.1. The van der Waals surface area contributed by atoms with E-state index in [1.165, 1.54) is 24.8 Å². The molecule has 0 N–H and O–H groups in total. The topological polar surface area (TPSA) is 54.0 Å². The molecule has 6 aliphatic rings. The first kappa shape index (κ1) is 18.1. The SMILES string of the molecule is C[C@]12CCC(=O)C=C1CC[C@@H]1[C@H]3CC[C@@]4(OCO[C@]45COCO5)[C@]3(C)CC[C@@H]12. The van der Waals surface area contributed by atoms with Crippen molar-refractivity contribution in [3.05, 3.63) is 11.6 Å². The summed E-state index contributed by atoms with van der Waals surface area (Å²) in [6, 6.07) is 0. The molecular formula is C23H32O5. The summed E-state index contributed by atoms with van der Waals surface area (Å²) >= 11 is 0. The van der Waals surface area contributed by atoms with E-state index >= 15 is 0 Å². The molecule has 154 valence electrons. The average molecular weight is 389 g/mol. The van der Waals surface area contributed by atoms with Crippen LogP contribution in [-0.2, 0) is 23.7 Å². The largest absolute Gasteiger partial charge is 0.350 e. The van der Waals surface area contributed by atoms with Gasteiger partial charge in [0.1, 0.15) is 12.2 Å². The van der Waals surface area contributed by atoms with Crippen LogP contribution in [0.3, 0.4) is 0 Å². The predicted molar refractivity (Wildman–Crippen MR) is 101 cm³/mol. The molecule has 2 spiro atoms. The maximum atomic E-state index is 12.0. The minimum atomic E-state index is -0.718. The fraction of sp³-hybridized carbons (Fsp3) is 0.870. The van der Waals surface area contributed by atoms with Gasteiger partial charge in [0.2, 0.25) is 5.79 Å².